The average Bonchev–Trinajstić information content (AvgIpc) is 3.45. The van der Waals surface area contributed by atoms with Crippen molar-refractivity contribution >= 4 is 86.6 Å². The van der Waals surface area contributed by atoms with Gasteiger partial charge in [0.25, 0.3) is 20.2 Å². The number of aromatic nitrogens is 4. The van der Waals surface area contributed by atoms with Gasteiger partial charge in [0.05, 0.1) is 21.9 Å². The van der Waals surface area contributed by atoms with Crippen molar-refractivity contribution in [1.82, 2.24) is 19.9 Å². The molecule has 0 aliphatic rings. The Morgan fingerprint density at radius 3 is 0.900 bits per heavy atom. The standard InChI is InChI=1S/C62H44N6O10S2/c69-79(70,71)55-35-45(63-61-65-57(75-51-25-9-17-39-13-1-5-21-47(39)51)37-58(66-61)76-52-26-10-18-40-14-2-6-22-48(40)52)33-31-43(55)29-30-44-32-34-46(36-56(44)80(72,73)74)64-62-67-59(77-53-27-11-19-41-15-3-7-23-49(41)53)38-60(68-62)78-54-28-12-20-42-16-4-8-24-50(42)54/h1-28,31-38H,29-30H2,(H,63,65,66)(H,64,67,68)(H,69,70,71)(H,72,73,74). The number of nitrogens with one attached hydrogen (secondary N) is 2. The van der Waals surface area contributed by atoms with E-state index >= 15 is 0 Å². The van der Waals surface area contributed by atoms with Crippen LogP contribution in [0.25, 0.3) is 43.1 Å². The van der Waals surface area contributed by atoms with Gasteiger partial charge in [-0.3, -0.25) is 9.11 Å². The van der Waals surface area contributed by atoms with Gasteiger partial charge in [0.2, 0.25) is 35.4 Å². The van der Waals surface area contributed by atoms with Crippen molar-refractivity contribution in [2.24, 2.45) is 0 Å². The minimum Gasteiger partial charge on any atom is -0.438 e. The van der Waals surface area contributed by atoms with Crippen molar-refractivity contribution in [3.05, 3.63) is 230 Å². The highest BCUT2D eigenvalue weighted by molar-refractivity contribution is 7.86. The lowest BCUT2D eigenvalue weighted by Crippen LogP contribution is -2.09. The fourth-order valence-corrected chi connectivity index (χ4v) is 11.0. The molecule has 0 aliphatic carbocycles. The average molecular weight is 1100 g/mol. The van der Waals surface area contributed by atoms with E-state index in [1.54, 1.807) is 24.3 Å². The maximum absolute atomic E-state index is 13.1. The second kappa shape index (κ2) is 21.4. The van der Waals surface area contributed by atoms with Gasteiger partial charge in [0, 0.05) is 32.9 Å². The number of benzene rings is 10. The minimum absolute atomic E-state index is 0.0264. The molecule has 2 aromatic heterocycles. The zero-order valence-electron chi connectivity index (χ0n) is 42.0. The highest BCUT2D eigenvalue weighted by Gasteiger charge is 2.22. The molecule has 0 aliphatic heterocycles. The molecule has 4 N–H and O–H groups in total. The van der Waals surface area contributed by atoms with Gasteiger partial charge in [-0.2, -0.15) is 36.8 Å². The molecule has 394 valence electrons. The Morgan fingerprint density at radius 2 is 0.613 bits per heavy atom. The highest BCUT2D eigenvalue weighted by atomic mass is 32.2. The van der Waals surface area contributed by atoms with Crippen molar-refractivity contribution in [3.8, 4) is 46.5 Å². The predicted molar refractivity (Wildman–Crippen MR) is 307 cm³/mol. The lowest BCUT2D eigenvalue weighted by molar-refractivity contribution is 0.439. The number of anilines is 4. The molecule has 0 fully saturated rings. The van der Waals surface area contributed by atoms with Crippen LogP contribution in [0.2, 0.25) is 0 Å². The lowest BCUT2D eigenvalue weighted by Gasteiger charge is -2.15. The van der Waals surface area contributed by atoms with Crippen LogP contribution in [0.15, 0.2) is 228 Å². The lowest BCUT2D eigenvalue weighted by atomic mass is 10.0. The van der Waals surface area contributed by atoms with E-state index in [0.717, 1.165) is 43.1 Å². The number of fused-ring (bicyclic) bond motifs is 4. The molecule has 0 saturated heterocycles. The fourth-order valence-electron chi connectivity index (χ4n) is 9.40. The summed E-state index contributed by atoms with van der Waals surface area (Å²) in [5, 5.41) is 13.2. The van der Waals surface area contributed by atoms with Crippen LogP contribution in [-0.2, 0) is 33.1 Å². The maximum atomic E-state index is 13.1. The Labute approximate surface area is 458 Å². The van der Waals surface area contributed by atoms with Crippen molar-refractivity contribution in [1.29, 1.82) is 0 Å². The van der Waals surface area contributed by atoms with Crippen LogP contribution in [0.4, 0.5) is 23.3 Å². The number of aryl methyl sites for hydroxylation is 2. The molecule has 16 nitrogen and oxygen atoms in total. The van der Waals surface area contributed by atoms with Gasteiger partial charge >= 0.3 is 0 Å². The van der Waals surface area contributed by atoms with E-state index in [4.69, 9.17) is 18.9 Å². The Morgan fingerprint density at radius 1 is 0.338 bits per heavy atom. The van der Waals surface area contributed by atoms with E-state index in [9.17, 15) is 25.9 Å². The summed E-state index contributed by atoms with van der Waals surface area (Å²) in [4.78, 5) is 17.5. The molecule has 0 unspecified atom stereocenters. The third kappa shape index (κ3) is 11.2. The van der Waals surface area contributed by atoms with Gasteiger partial charge in [0.15, 0.2) is 0 Å². The van der Waals surface area contributed by atoms with Crippen molar-refractivity contribution in [2.45, 2.75) is 22.6 Å². The molecular formula is C62H44N6O10S2. The molecule has 2 heterocycles. The van der Waals surface area contributed by atoms with Gasteiger partial charge in [-0.25, -0.2) is 0 Å². The summed E-state index contributed by atoms with van der Waals surface area (Å²) < 4.78 is 99.0. The zero-order chi connectivity index (χ0) is 54.8. The number of hydrogen-bond acceptors (Lipinski definition) is 14. The highest BCUT2D eigenvalue weighted by Crippen LogP contribution is 2.38. The predicted octanol–water partition coefficient (Wildman–Crippen LogP) is 14.8. The number of ether oxygens (including phenoxy) is 4. The first kappa shape index (κ1) is 50.8. The second-order valence-electron chi connectivity index (χ2n) is 18.4. The third-order valence-corrected chi connectivity index (χ3v) is 15.0. The molecule has 18 heteroatoms. The minimum atomic E-state index is -4.88. The number of rotatable bonds is 17. The number of nitrogens with zero attached hydrogens (tertiary/aromatic N) is 4. The Kier molecular flexibility index (Phi) is 13.6. The third-order valence-electron chi connectivity index (χ3n) is 13.1. The van der Waals surface area contributed by atoms with Crippen LogP contribution in [0.5, 0.6) is 46.5 Å². The molecule has 0 amide bonds. The Bertz CT molecular complexity index is 4090. The first-order valence-corrected chi connectivity index (χ1v) is 27.9. The van der Waals surface area contributed by atoms with Gasteiger partial charge in [-0.1, -0.05) is 158 Å². The summed E-state index contributed by atoms with van der Waals surface area (Å²) in [6.07, 6.45) is -0.186. The summed E-state index contributed by atoms with van der Waals surface area (Å²) in [6, 6.07) is 64.9. The monoisotopic (exact) mass is 1100 g/mol. The fraction of sp³-hybridized carbons (Fsp3) is 0.0323. The molecule has 0 saturated carbocycles. The van der Waals surface area contributed by atoms with Crippen LogP contribution >= 0.6 is 0 Å². The Hall–Kier alpha value is -9.98. The summed E-state index contributed by atoms with van der Waals surface area (Å²) in [5.41, 5.74) is 0.637. The maximum Gasteiger partial charge on any atom is 0.294 e. The second-order valence-corrected chi connectivity index (χ2v) is 21.2. The molecule has 0 bridgehead atoms. The van der Waals surface area contributed by atoms with Gasteiger partial charge < -0.3 is 29.6 Å². The van der Waals surface area contributed by atoms with Gasteiger partial charge in [-0.15, -0.1) is 0 Å². The summed E-state index contributed by atoms with van der Waals surface area (Å²) >= 11 is 0. The van der Waals surface area contributed by atoms with Crippen LogP contribution < -0.4 is 29.6 Å². The smallest absolute Gasteiger partial charge is 0.294 e. The topological polar surface area (TPSA) is 221 Å². The molecule has 10 aromatic carbocycles. The van der Waals surface area contributed by atoms with Crippen LogP contribution in [0.3, 0.4) is 0 Å². The van der Waals surface area contributed by atoms with E-state index in [2.05, 4.69) is 30.6 Å². The van der Waals surface area contributed by atoms with E-state index in [1.807, 2.05) is 170 Å². The Balaban J connectivity index is 0.825. The summed E-state index contributed by atoms with van der Waals surface area (Å²) in [6.45, 7) is 0. The molecule has 12 aromatic rings. The molecular weight excluding hydrogens is 1050 g/mol. The van der Waals surface area contributed by atoms with E-state index < -0.39 is 30.0 Å². The van der Waals surface area contributed by atoms with Crippen molar-refractivity contribution in [2.75, 3.05) is 10.6 Å². The molecule has 80 heavy (non-hydrogen) atoms. The SMILES string of the molecule is O=S(=O)(O)c1cc(Nc2nc(Oc3cccc4ccccc34)cc(Oc3cccc4ccccc34)n2)ccc1CCc1ccc(Nc2nc(Oc3cccc4ccccc34)cc(Oc3cccc4ccccc34)n2)cc1S(=O)(=O)O. The van der Waals surface area contributed by atoms with E-state index in [1.165, 1.54) is 24.3 Å². The summed E-state index contributed by atoms with van der Waals surface area (Å²) in [5.74, 6) is 2.46. The van der Waals surface area contributed by atoms with Crippen LogP contribution in [0.1, 0.15) is 11.1 Å². The first-order chi connectivity index (χ1) is 38.8. The van der Waals surface area contributed by atoms with E-state index in [0.29, 0.717) is 23.0 Å². The van der Waals surface area contributed by atoms with E-state index in [-0.39, 0.29) is 70.8 Å². The van der Waals surface area contributed by atoms with Gasteiger partial charge in [-0.05, 0) is 94.0 Å². The first-order valence-electron chi connectivity index (χ1n) is 25.0. The molecule has 0 spiro atoms. The van der Waals surface area contributed by atoms with Crippen LogP contribution in [0, 0.1) is 0 Å². The van der Waals surface area contributed by atoms with Crippen LogP contribution in [-0.4, -0.2) is 45.9 Å². The largest absolute Gasteiger partial charge is 0.438 e. The summed E-state index contributed by atoms with van der Waals surface area (Å²) in [7, 11) is -9.77. The van der Waals surface area contributed by atoms with Gasteiger partial charge in [0.1, 0.15) is 23.0 Å². The van der Waals surface area contributed by atoms with Crippen molar-refractivity contribution in [3.63, 3.8) is 0 Å². The molecule has 0 radical (unpaired) electrons. The normalized spacial score (nSPS) is 11.7. The molecule has 0 atom stereocenters. The molecule has 12 rings (SSSR count). The number of hydrogen-bond donors (Lipinski definition) is 4. The van der Waals surface area contributed by atoms with Crippen molar-refractivity contribution < 1.29 is 44.9 Å². The quantitative estimate of drug-likeness (QED) is 0.0623. The zero-order valence-corrected chi connectivity index (χ0v) is 43.6.